The second-order valence-electron chi connectivity index (χ2n) is 10.5. The number of unbranched alkanes of at least 4 members (excludes halogenated alkanes) is 7. The highest BCUT2D eigenvalue weighted by molar-refractivity contribution is 5.91. The summed E-state index contributed by atoms with van der Waals surface area (Å²) in [6, 6.07) is 23.0. The minimum absolute atomic E-state index is 0.381. The summed E-state index contributed by atoms with van der Waals surface area (Å²) >= 11 is 0. The second kappa shape index (κ2) is 16.4. The maximum absolute atomic E-state index is 12.7. The molecule has 206 valence electrons. The molecule has 4 heteroatoms. The van der Waals surface area contributed by atoms with Crippen LogP contribution in [0.5, 0.6) is 11.5 Å². The van der Waals surface area contributed by atoms with Crippen molar-refractivity contribution < 1.29 is 14.3 Å². The lowest BCUT2D eigenvalue weighted by Gasteiger charge is -2.11. The minimum atomic E-state index is -0.465. The van der Waals surface area contributed by atoms with Gasteiger partial charge >= 0.3 is 5.97 Å². The predicted molar refractivity (Wildman–Crippen MR) is 159 cm³/mol. The summed E-state index contributed by atoms with van der Waals surface area (Å²) < 4.78 is 11.5. The minimum Gasteiger partial charge on any atom is -0.494 e. The number of hydrogen-bond acceptors (Lipinski definition) is 4. The smallest absolute Gasteiger partial charge is 0.343 e. The second-order valence-corrected chi connectivity index (χ2v) is 10.5. The Morgan fingerprint density at radius 2 is 1.38 bits per heavy atom. The standard InChI is InChI=1S/C35H43NO3/c1-4-6-7-8-9-10-11-12-23-38-33-19-15-28(16-20-33)29-17-21-34(22-18-29)39-35(37)31-14-13-30(24-27(3)5-2)32(25-31)26-36/h13-22,25,27H,4-12,23-24H2,1-3H3/t27-/m0/s1. The lowest BCUT2D eigenvalue weighted by Crippen LogP contribution is -2.10. The topological polar surface area (TPSA) is 59.3 Å². The number of rotatable bonds is 16. The van der Waals surface area contributed by atoms with Crippen LogP contribution in [0.3, 0.4) is 0 Å². The first-order valence-electron chi connectivity index (χ1n) is 14.6. The molecule has 4 nitrogen and oxygen atoms in total. The van der Waals surface area contributed by atoms with Crippen LogP contribution in [0.25, 0.3) is 11.1 Å². The normalized spacial score (nSPS) is 11.5. The van der Waals surface area contributed by atoms with Gasteiger partial charge in [-0.25, -0.2) is 4.79 Å². The molecular weight excluding hydrogens is 482 g/mol. The van der Waals surface area contributed by atoms with Gasteiger partial charge in [0.15, 0.2) is 0 Å². The van der Waals surface area contributed by atoms with Crippen molar-refractivity contribution in [3.8, 4) is 28.7 Å². The molecule has 0 aliphatic heterocycles. The van der Waals surface area contributed by atoms with Gasteiger partial charge in [-0.1, -0.05) is 102 Å². The van der Waals surface area contributed by atoms with E-state index in [4.69, 9.17) is 9.47 Å². The van der Waals surface area contributed by atoms with Crippen molar-refractivity contribution in [3.05, 3.63) is 83.4 Å². The van der Waals surface area contributed by atoms with Gasteiger partial charge in [0.25, 0.3) is 0 Å². The Kier molecular flexibility index (Phi) is 12.6. The highest BCUT2D eigenvalue weighted by atomic mass is 16.5. The summed E-state index contributed by atoms with van der Waals surface area (Å²) in [6.45, 7) is 7.30. The first-order valence-corrected chi connectivity index (χ1v) is 14.6. The number of ether oxygens (including phenoxy) is 2. The predicted octanol–water partition coefficient (Wildman–Crippen LogP) is 9.55. The van der Waals surface area contributed by atoms with Crippen LogP contribution in [0.1, 0.15) is 100 Å². The monoisotopic (exact) mass is 525 g/mol. The zero-order valence-corrected chi connectivity index (χ0v) is 23.9. The summed E-state index contributed by atoms with van der Waals surface area (Å²) in [5.41, 5.74) is 3.99. The third kappa shape index (κ3) is 9.91. The summed E-state index contributed by atoms with van der Waals surface area (Å²) in [5, 5.41) is 9.55. The maximum atomic E-state index is 12.7. The first kappa shape index (κ1) is 30.0. The molecule has 0 aromatic heterocycles. The van der Waals surface area contributed by atoms with Gasteiger partial charge in [-0.3, -0.25) is 0 Å². The summed E-state index contributed by atoms with van der Waals surface area (Å²) in [5.74, 6) is 1.37. The van der Waals surface area contributed by atoms with Gasteiger partial charge < -0.3 is 9.47 Å². The molecule has 0 aliphatic rings. The van der Waals surface area contributed by atoms with Gasteiger partial charge in [0.2, 0.25) is 0 Å². The molecule has 0 unspecified atom stereocenters. The molecule has 0 radical (unpaired) electrons. The molecule has 0 spiro atoms. The molecule has 0 saturated carbocycles. The van der Waals surface area contributed by atoms with E-state index in [1.165, 1.54) is 44.9 Å². The van der Waals surface area contributed by atoms with Gasteiger partial charge in [-0.05, 0) is 71.8 Å². The van der Waals surface area contributed by atoms with Crippen LogP contribution in [-0.2, 0) is 6.42 Å². The van der Waals surface area contributed by atoms with Crippen LogP contribution in [0.2, 0.25) is 0 Å². The van der Waals surface area contributed by atoms with E-state index in [0.717, 1.165) is 48.3 Å². The van der Waals surface area contributed by atoms with E-state index in [2.05, 4.69) is 39.0 Å². The molecule has 1 atom stereocenters. The average Bonchev–Trinajstić information content (AvgIpc) is 2.97. The van der Waals surface area contributed by atoms with E-state index >= 15 is 0 Å². The number of benzene rings is 3. The number of hydrogen-bond donors (Lipinski definition) is 0. The van der Waals surface area contributed by atoms with Crippen LogP contribution in [0.15, 0.2) is 66.7 Å². The molecule has 0 heterocycles. The summed E-state index contributed by atoms with van der Waals surface area (Å²) in [4.78, 5) is 12.7. The zero-order valence-electron chi connectivity index (χ0n) is 23.9. The Labute approximate surface area is 235 Å². The molecule has 0 aliphatic carbocycles. The van der Waals surface area contributed by atoms with Crippen molar-refractivity contribution in [2.75, 3.05) is 6.61 Å². The van der Waals surface area contributed by atoms with Crippen LogP contribution in [0, 0.1) is 17.2 Å². The van der Waals surface area contributed by atoms with E-state index in [1.807, 2.05) is 30.3 Å². The lowest BCUT2D eigenvalue weighted by molar-refractivity contribution is 0.0734. The number of esters is 1. The Morgan fingerprint density at radius 3 is 1.97 bits per heavy atom. The van der Waals surface area contributed by atoms with E-state index < -0.39 is 5.97 Å². The van der Waals surface area contributed by atoms with Gasteiger partial charge in [0, 0.05) is 0 Å². The Morgan fingerprint density at radius 1 is 0.795 bits per heavy atom. The van der Waals surface area contributed by atoms with Crippen molar-refractivity contribution in [1.82, 2.24) is 0 Å². The summed E-state index contributed by atoms with van der Waals surface area (Å²) in [6.07, 6.45) is 12.2. The van der Waals surface area contributed by atoms with Crippen molar-refractivity contribution in [2.24, 2.45) is 5.92 Å². The molecule has 3 aromatic rings. The number of carbonyl (C=O) groups excluding carboxylic acids is 1. The molecule has 0 fully saturated rings. The fourth-order valence-corrected chi connectivity index (χ4v) is 4.56. The highest BCUT2D eigenvalue weighted by Gasteiger charge is 2.13. The van der Waals surface area contributed by atoms with Crippen LogP contribution >= 0.6 is 0 Å². The van der Waals surface area contributed by atoms with E-state index in [-0.39, 0.29) is 0 Å². The van der Waals surface area contributed by atoms with E-state index in [0.29, 0.717) is 22.8 Å². The van der Waals surface area contributed by atoms with Crippen molar-refractivity contribution in [1.29, 1.82) is 5.26 Å². The van der Waals surface area contributed by atoms with Crippen molar-refractivity contribution >= 4 is 5.97 Å². The quantitative estimate of drug-likeness (QED) is 0.106. The van der Waals surface area contributed by atoms with Crippen molar-refractivity contribution in [2.45, 2.75) is 85.0 Å². The van der Waals surface area contributed by atoms with Gasteiger partial charge in [-0.2, -0.15) is 5.26 Å². The van der Waals surface area contributed by atoms with Crippen molar-refractivity contribution in [3.63, 3.8) is 0 Å². The Bertz CT molecular complexity index is 1190. The van der Waals surface area contributed by atoms with Gasteiger partial charge in [0.1, 0.15) is 11.5 Å². The molecule has 0 amide bonds. The summed E-state index contributed by atoms with van der Waals surface area (Å²) in [7, 11) is 0. The zero-order chi connectivity index (χ0) is 27.9. The lowest BCUT2D eigenvalue weighted by atomic mass is 9.94. The molecular formula is C35H43NO3. The SMILES string of the molecule is CCCCCCCCCCOc1ccc(-c2ccc(OC(=O)c3ccc(C[C@@H](C)CC)c(C#N)c3)cc2)cc1. The van der Waals surface area contributed by atoms with Gasteiger partial charge in [0.05, 0.1) is 23.8 Å². The maximum Gasteiger partial charge on any atom is 0.343 e. The fourth-order valence-electron chi connectivity index (χ4n) is 4.56. The van der Waals surface area contributed by atoms with E-state index in [9.17, 15) is 10.1 Å². The van der Waals surface area contributed by atoms with Gasteiger partial charge in [-0.15, -0.1) is 0 Å². The molecule has 0 saturated heterocycles. The molecule has 0 N–H and O–H groups in total. The molecule has 0 bridgehead atoms. The molecule has 3 aromatic carbocycles. The van der Waals surface area contributed by atoms with Crippen LogP contribution in [-0.4, -0.2) is 12.6 Å². The third-order valence-electron chi connectivity index (χ3n) is 7.25. The Hall–Kier alpha value is -3.58. The molecule has 39 heavy (non-hydrogen) atoms. The fraction of sp³-hybridized carbons (Fsp3) is 0.429. The number of nitriles is 1. The van der Waals surface area contributed by atoms with Crippen LogP contribution < -0.4 is 9.47 Å². The number of nitrogens with zero attached hydrogens (tertiary/aromatic N) is 1. The first-order chi connectivity index (χ1) is 19.0. The average molecular weight is 526 g/mol. The molecule has 3 rings (SSSR count). The highest BCUT2D eigenvalue weighted by Crippen LogP contribution is 2.26. The van der Waals surface area contributed by atoms with E-state index in [1.54, 1.807) is 24.3 Å². The third-order valence-corrected chi connectivity index (χ3v) is 7.25. The largest absolute Gasteiger partial charge is 0.494 e. The number of carbonyl (C=O) groups is 1. The Balaban J connectivity index is 1.47. The van der Waals surface area contributed by atoms with Crippen LogP contribution in [0.4, 0.5) is 0 Å².